The molecule has 9 nitrogen and oxygen atoms in total. The summed E-state index contributed by atoms with van der Waals surface area (Å²) in [4.78, 5) is 51.1. The van der Waals surface area contributed by atoms with Gasteiger partial charge in [-0.25, -0.2) is 18.8 Å². The Hall–Kier alpha value is -2.39. The van der Waals surface area contributed by atoms with Crippen LogP contribution in [0.15, 0.2) is 0 Å². The highest BCUT2D eigenvalue weighted by Crippen LogP contribution is 2.43. The van der Waals surface area contributed by atoms with Crippen LogP contribution in [0, 0.1) is 0 Å². The zero-order valence-corrected chi connectivity index (χ0v) is 18.9. The molecule has 1 fully saturated rings. The fraction of sp³-hybridized carbons (Fsp3) is 0.800. The van der Waals surface area contributed by atoms with Crippen LogP contribution in [0.1, 0.15) is 60.8 Å². The molecule has 0 aromatic rings. The zero-order chi connectivity index (χ0) is 23.7. The van der Waals surface area contributed by atoms with Gasteiger partial charge in [-0.15, -0.1) is 0 Å². The van der Waals surface area contributed by atoms with Crippen molar-refractivity contribution >= 4 is 23.9 Å². The molecule has 10 heteroatoms. The first-order valence-corrected chi connectivity index (χ1v) is 9.77. The monoisotopic (exact) mass is 432 g/mol. The molecular formula is C20H33FN2O7. The summed E-state index contributed by atoms with van der Waals surface area (Å²) in [5.74, 6) is -2.92. The Kier molecular flexibility index (Phi) is 7.50. The van der Waals surface area contributed by atoms with Gasteiger partial charge in [-0.05, 0) is 54.4 Å². The second-order valence-corrected chi connectivity index (χ2v) is 9.34. The highest BCUT2D eigenvalue weighted by atomic mass is 19.1. The SMILES string of the molecule is C[C@@H](OC(=O)C1(N(C)C(=O)OC(C)(C)C)CC1)C(=O)N(C)[C@@H](CC(C)(C)F)C(=O)O. The molecule has 1 rings (SSSR count). The molecule has 30 heavy (non-hydrogen) atoms. The summed E-state index contributed by atoms with van der Waals surface area (Å²) >= 11 is 0. The number of alkyl halides is 1. The molecule has 0 unspecified atom stereocenters. The van der Waals surface area contributed by atoms with Crippen molar-refractivity contribution in [3.63, 3.8) is 0 Å². The summed E-state index contributed by atoms with van der Waals surface area (Å²) in [6.07, 6.45) is -1.71. The standard InChI is InChI=1S/C20H33FN2O7/c1-12(14(24)22(7)13(15(25)26)11-19(5,6)21)29-16(27)20(9-10-20)23(8)17(28)30-18(2,3)4/h12-13H,9-11H2,1-8H3,(H,25,26)/t12-,13+/m1/s1. The molecule has 0 spiro atoms. The predicted molar refractivity (Wildman–Crippen MR) is 106 cm³/mol. The first-order valence-electron chi connectivity index (χ1n) is 9.77. The molecule has 0 aromatic carbocycles. The summed E-state index contributed by atoms with van der Waals surface area (Å²) in [6.45, 7) is 8.84. The van der Waals surface area contributed by atoms with Crippen LogP contribution in [0.3, 0.4) is 0 Å². The van der Waals surface area contributed by atoms with Gasteiger partial charge in [0.05, 0.1) is 0 Å². The predicted octanol–water partition coefficient (Wildman–Crippen LogP) is 2.37. The van der Waals surface area contributed by atoms with Gasteiger partial charge >= 0.3 is 18.0 Å². The van der Waals surface area contributed by atoms with E-state index in [9.17, 15) is 28.7 Å². The van der Waals surface area contributed by atoms with Gasteiger partial charge in [0.15, 0.2) is 6.10 Å². The van der Waals surface area contributed by atoms with Crippen LogP contribution < -0.4 is 0 Å². The second-order valence-electron chi connectivity index (χ2n) is 9.34. The molecule has 0 aromatic heterocycles. The Morgan fingerprint density at radius 1 is 1.10 bits per heavy atom. The number of rotatable bonds is 8. The Labute approximate surface area is 176 Å². The van der Waals surface area contributed by atoms with E-state index in [0.29, 0.717) is 12.8 Å². The van der Waals surface area contributed by atoms with E-state index in [4.69, 9.17) is 9.47 Å². The topological polar surface area (TPSA) is 113 Å². The smallest absolute Gasteiger partial charge is 0.410 e. The van der Waals surface area contributed by atoms with E-state index in [1.165, 1.54) is 34.9 Å². The highest BCUT2D eigenvalue weighted by Gasteiger charge is 2.58. The third-order valence-corrected chi connectivity index (χ3v) is 4.82. The van der Waals surface area contributed by atoms with Crippen LogP contribution in [0.4, 0.5) is 9.18 Å². The molecule has 2 amide bonds. The highest BCUT2D eigenvalue weighted by molar-refractivity contribution is 5.92. The summed E-state index contributed by atoms with van der Waals surface area (Å²) in [5, 5.41) is 9.36. The van der Waals surface area contributed by atoms with E-state index in [1.54, 1.807) is 20.8 Å². The number of amides is 2. The average molecular weight is 432 g/mol. The van der Waals surface area contributed by atoms with E-state index < -0.39 is 59.3 Å². The first-order chi connectivity index (χ1) is 13.4. The van der Waals surface area contributed by atoms with Gasteiger partial charge in [0.25, 0.3) is 5.91 Å². The number of likely N-dealkylation sites (N-methyl/N-ethyl adjacent to an activating group) is 2. The van der Waals surface area contributed by atoms with Crippen molar-refractivity contribution < 1.29 is 38.1 Å². The van der Waals surface area contributed by atoms with E-state index >= 15 is 0 Å². The quantitative estimate of drug-likeness (QED) is 0.586. The lowest BCUT2D eigenvalue weighted by Crippen LogP contribution is -2.51. The summed E-state index contributed by atoms with van der Waals surface area (Å²) in [6, 6.07) is -1.42. The second kappa shape index (κ2) is 8.77. The molecule has 1 saturated carbocycles. The fourth-order valence-corrected chi connectivity index (χ4v) is 2.91. The van der Waals surface area contributed by atoms with E-state index in [0.717, 1.165) is 9.80 Å². The van der Waals surface area contributed by atoms with E-state index in [-0.39, 0.29) is 0 Å². The molecule has 1 N–H and O–H groups in total. The van der Waals surface area contributed by atoms with E-state index in [1.807, 2.05) is 0 Å². The van der Waals surface area contributed by atoms with Crippen molar-refractivity contribution in [1.82, 2.24) is 9.80 Å². The number of hydrogen-bond donors (Lipinski definition) is 1. The lowest BCUT2D eigenvalue weighted by molar-refractivity contribution is -0.166. The molecule has 0 heterocycles. The van der Waals surface area contributed by atoms with Crippen molar-refractivity contribution in [3.05, 3.63) is 0 Å². The molecule has 0 bridgehead atoms. The van der Waals surface area contributed by atoms with Gasteiger partial charge < -0.3 is 19.5 Å². The fourth-order valence-electron chi connectivity index (χ4n) is 2.91. The summed E-state index contributed by atoms with van der Waals surface area (Å²) in [7, 11) is 2.64. The minimum absolute atomic E-state index is 0.353. The zero-order valence-electron chi connectivity index (χ0n) is 18.9. The summed E-state index contributed by atoms with van der Waals surface area (Å²) < 4.78 is 24.5. The van der Waals surface area contributed by atoms with Gasteiger partial charge in [0.1, 0.15) is 22.9 Å². The lowest BCUT2D eigenvalue weighted by atomic mass is 9.99. The van der Waals surface area contributed by atoms with Gasteiger partial charge in [0.2, 0.25) is 0 Å². The van der Waals surface area contributed by atoms with E-state index in [2.05, 4.69) is 0 Å². The van der Waals surface area contributed by atoms with Crippen molar-refractivity contribution in [2.45, 2.75) is 89.8 Å². The summed E-state index contributed by atoms with van der Waals surface area (Å²) in [5.41, 5.74) is -3.78. The van der Waals surface area contributed by atoms with Crippen LogP contribution in [-0.2, 0) is 23.9 Å². The largest absolute Gasteiger partial charge is 0.480 e. The molecule has 0 aliphatic heterocycles. The number of ether oxygens (including phenoxy) is 2. The molecular weight excluding hydrogens is 399 g/mol. The van der Waals surface area contributed by atoms with Crippen LogP contribution in [-0.4, -0.2) is 81.9 Å². The lowest BCUT2D eigenvalue weighted by Gasteiger charge is -2.32. The molecule has 2 atom stereocenters. The third kappa shape index (κ3) is 6.56. The third-order valence-electron chi connectivity index (χ3n) is 4.82. The Morgan fingerprint density at radius 3 is 1.97 bits per heavy atom. The molecule has 1 aliphatic carbocycles. The number of hydrogen-bond acceptors (Lipinski definition) is 6. The number of esters is 1. The number of halogens is 1. The van der Waals surface area contributed by atoms with Crippen LogP contribution in [0.5, 0.6) is 0 Å². The van der Waals surface area contributed by atoms with Crippen LogP contribution in [0.2, 0.25) is 0 Å². The number of carbonyl (C=O) groups is 4. The van der Waals surface area contributed by atoms with Gasteiger partial charge in [-0.3, -0.25) is 9.69 Å². The number of nitrogens with zero attached hydrogens (tertiary/aromatic N) is 2. The van der Waals surface area contributed by atoms with Crippen LogP contribution >= 0.6 is 0 Å². The van der Waals surface area contributed by atoms with Crippen molar-refractivity contribution in [3.8, 4) is 0 Å². The van der Waals surface area contributed by atoms with Gasteiger partial charge in [-0.1, -0.05) is 0 Å². The molecule has 0 radical (unpaired) electrons. The minimum Gasteiger partial charge on any atom is -0.480 e. The van der Waals surface area contributed by atoms with Crippen molar-refractivity contribution in [1.29, 1.82) is 0 Å². The minimum atomic E-state index is -1.81. The molecule has 172 valence electrons. The Morgan fingerprint density at radius 2 is 1.60 bits per heavy atom. The normalized spacial score (nSPS) is 17.4. The number of carbonyl (C=O) groups excluding carboxylic acids is 3. The van der Waals surface area contributed by atoms with Crippen LogP contribution in [0.25, 0.3) is 0 Å². The number of carboxylic acids is 1. The Bertz CT molecular complexity index is 692. The average Bonchev–Trinajstić information content (AvgIpc) is 3.36. The maximum Gasteiger partial charge on any atom is 0.410 e. The van der Waals surface area contributed by atoms with Crippen molar-refractivity contribution in [2.75, 3.05) is 14.1 Å². The van der Waals surface area contributed by atoms with Gasteiger partial charge in [0, 0.05) is 20.5 Å². The molecule has 1 aliphatic rings. The Balaban J connectivity index is 2.84. The van der Waals surface area contributed by atoms with Crippen molar-refractivity contribution in [2.24, 2.45) is 0 Å². The number of carboxylic acid groups (broad SMARTS) is 1. The first kappa shape index (κ1) is 25.6. The maximum absolute atomic E-state index is 13.9. The molecule has 0 saturated heterocycles. The number of aliphatic carboxylic acids is 1. The van der Waals surface area contributed by atoms with Gasteiger partial charge in [-0.2, -0.15) is 0 Å². The maximum atomic E-state index is 13.9.